The molecule has 7 nitrogen and oxygen atoms in total. The number of sulfone groups is 1. The number of hydrogen-bond acceptors (Lipinski definition) is 5. The molecule has 8 heteroatoms. The average Bonchev–Trinajstić information content (AvgIpc) is 2.27. The van der Waals surface area contributed by atoms with E-state index in [4.69, 9.17) is 5.11 Å². The third kappa shape index (κ3) is 3.28. The zero-order valence-electron chi connectivity index (χ0n) is 10.4. The van der Waals surface area contributed by atoms with Gasteiger partial charge in [-0.2, -0.15) is 0 Å². The first-order chi connectivity index (χ1) is 8.66. The van der Waals surface area contributed by atoms with Crippen LogP contribution in [0.5, 0.6) is 0 Å². The highest BCUT2D eigenvalue weighted by atomic mass is 32.2. The summed E-state index contributed by atoms with van der Waals surface area (Å²) in [6, 6.07) is 3.58. The van der Waals surface area contributed by atoms with Crippen LogP contribution < -0.4 is 0 Å². The molecule has 0 saturated heterocycles. The molecule has 0 heterocycles. The van der Waals surface area contributed by atoms with Crippen molar-refractivity contribution in [3.05, 3.63) is 39.4 Å². The first kappa shape index (κ1) is 15.1. The monoisotopic (exact) mass is 287 g/mol. The largest absolute Gasteiger partial charge is 0.477 e. The molecule has 0 aliphatic rings. The number of carboxylic acids is 1. The van der Waals surface area contributed by atoms with Gasteiger partial charge in [0, 0.05) is 6.07 Å². The maximum absolute atomic E-state index is 11.8. The Bertz CT molecular complexity index is 620. The second-order valence-electron chi connectivity index (χ2n) is 4.23. The molecule has 0 fully saturated rings. The normalized spacial score (nSPS) is 11.5. The molecule has 0 amide bonds. The van der Waals surface area contributed by atoms with E-state index in [-0.39, 0.29) is 5.56 Å². The molecule has 0 aromatic heterocycles. The second-order valence-corrected chi connectivity index (χ2v) is 6.79. The van der Waals surface area contributed by atoms with E-state index in [2.05, 4.69) is 0 Å². The fourth-order valence-electron chi connectivity index (χ4n) is 1.49. The van der Waals surface area contributed by atoms with Gasteiger partial charge in [0.15, 0.2) is 9.84 Å². The lowest BCUT2D eigenvalue weighted by molar-refractivity contribution is -0.385. The Hall–Kier alpha value is -1.96. The van der Waals surface area contributed by atoms with E-state index in [1.54, 1.807) is 0 Å². The quantitative estimate of drug-likeness (QED) is 0.650. The van der Waals surface area contributed by atoms with E-state index in [1.165, 1.54) is 26.0 Å². The Balaban J connectivity index is 3.41. The molecule has 0 unspecified atom stereocenters. The Labute approximate surface area is 109 Å². The Morgan fingerprint density at radius 2 is 2.00 bits per heavy atom. The fourth-order valence-corrected chi connectivity index (χ4v) is 2.50. The summed E-state index contributed by atoms with van der Waals surface area (Å²) in [6.07, 6.45) is 0. The number of nitrogens with zero attached hydrogens (tertiary/aromatic N) is 1. The van der Waals surface area contributed by atoms with Gasteiger partial charge in [-0.1, -0.05) is 12.1 Å². The van der Waals surface area contributed by atoms with E-state index in [9.17, 15) is 23.3 Å². The SMILES string of the molecule is CC(C)S(=O)(=O)Cc1cccc([N+](=O)[O-])c1C(=O)O. The summed E-state index contributed by atoms with van der Waals surface area (Å²) in [7, 11) is -3.54. The molecule has 1 aromatic rings. The van der Waals surface area contributed by atoms with Gasteiger partial charge >= 0.3 is 5.97 Å². The van der Waals surface area contributed by atoms with Crippen LogP contribution in [0.3, 0.4) is 0 Å². The van der Waals surface area contributed by atoms with Crippen molar-refractivity contribution in [1.82, 2.24) is 0 Å². The van der Waals surface area contributed by atoms with Crippen LogP contribution in [0.25, 0.3) is 0 Å². The third-order valence-corrected chi connectivity index (χ3v) is 4.76. The van der Waals surface area contributed by atoms with Crippen LogP contribution in [0.1, 0.15) is 29.8 Å². The zero-order chi connectivity index (χ0) is 14.8. The summed E-state index contributed by atoms with van der Waals surface area (Å²) in [5.74, 6) is -2.05. The summed E-state index contributed by atoms with van der Waals surface area (Å²) in [6.45, 7) is 2.93. The first-order valence-electron chi connectivity index (χ1n) is 5.38. The van der Waals surface area contributed by atoms with Crippen molar-refractivity contribution in [3.8, 4) is 0 Å². The molecule has 0 saturated carbocycles. The van der Waals surface area contributed by atoms with Crippen molar-refractivity contribution in [3.63, 3.8) is 0 Å². The summed E-state index contributed by atoms with van der Waals surface area (Å²) in [5, 5.41) is 19.1. The van der Waals surface area contributed by atoms with Crippen molar-refractivity contribution in [2.45, 2.75) is 24.9 Å². The number of nitro benzene ring substituents is 1. The second kappa shape index (κ2) is 5.35. The Morgan fingerprint density at radius 1 is 1.42 bits per heavy atom. The molecule has 0 radical (unpaired) electrons. The predicted octanol–water partition coefficient (Wildman–Crippen LogP) is 1.62. The van der Waals surface area contributed by atoms with E-state index in [0.717, 1.165) is 6.07 Å². The van der Waals surface area contributed by atoms with Crippen LogP contribution >= 0.6 is 0 Å². The molecule has 0 spiro atoms. The number of benzene rings is 1. The van der Waals surface area contributed by atoms with Crippen molar-refractivity contribution in [2.24, 2.45) is 0 Å². The minimum Gasteiger partial charge on any atom is -0.477 e. The summed E-state index contributed by atoms with van der Waals surface area (Å²) < 4.78 is 23.6. The zero-order valence-corrected chi connectivity index (χ0v) is 11.2. The number of hydrogen-bond donors (Lipinski definition) is 1. The highest BCUT2D eigenvalue weighted by Crippen LogP contribution is 2.24. The molecule has 1 aromatic carbocycles. The van der Waals surface area contributed by atoms with Crippen LogP contribution in [0.2, 0.25) is 0 Å². The van der Waals surface area contributed by atoms with E-state index in [1.807, 2.05) is 0 Å². The lowest BCUT2D eigenvalue weighted by Gasteiger charge is -2.10. The topological polar surface area (TPSA) is 115 Å². The van der Waals surface area contributed by atoms with E-state index >= 15 is 0 Å². The Morgan fingerprint density at radius 3 is 2.42 bits per heavy atom. The summed E-state index contributed by atoms with van der Waals surface area (Å²) >= 11 is 0. The molecular weight excluding hydrogens is 274 g/mol. The van der Waals surface area contributed by atoms with Crippen LogP contribution in [0.15, 0.2) is 18.2 Å². The first-order valence-corrected chi connectivity index (χ1v) is 7.09. The lowest BCUT2D eigenvalue weighted by atomic mass is 10.1. The lowest BCUT2D eigenvalue weighted by Crippen LogP contribution is -2.18. The van der Waals surface area contributed by atoms with Crippen molar-refractivity contribution < 1.29 is 23.2 Å². The minimum atomic E-state index is -3.54. The predicted molar refractivity (Wildman–Crippen MR) is 67.8 cm³/mol. The van der Waals surface area contributed by atoms with Gasteiger partial charge in [0.1, 0.15) is 5.56 Å². The summed E-state index contributed by atoms with van der Waals surface area (Å²) in [4.78, 5) is 21.0. The molecule has 19 heavy (non-hydrogen) atoms. The van der Waals surface area contributed by atoms with E-state index < -0.39 is 43.0 Å². The van der Waals surface area contributed by atoms with Gasteiger partial charge in [0.05, 0.1) is 15.9 Å². The Kier molecular flexibility index (Phi) is 4.25. The molecule has 1 rings (SSSR count). The van der Waals surface area contributed by atoms with Gasteiger partial charge in [0.2, 0.25) is 0 Å². The maximum Gasteiger partial charge on any atom is 0.343 e. The molecule has 104 valence electrons. The molecule has 0 bridgehead atoms. The highest BCUT2D eigenvalue weighted by molar-refractivity contribution is 7.91. The number of carboxylic acid groups (broad SMARTS) is 1. The molecular formula is C11H13NO6S. The van der Waals surface area contributed by atoms with Gasteiger partial charge < -0.3 is 5.11 Å². The van der Waals surface area contributed by atoms with Crippen molar-refractivity contribution >= 4 is 21.5 Å². The molecule has 1 N–H and O–H groups in total. The van der Waals surface area contributed by atoms with Gasteiger partial charge in [-0.3, -0.25) is 10.1 Å². The number of aromatic carboxylic acids is 1. The van der Waals surface area contributed by atoms with Crippen LogP contribution in [-0.2, 0) is 15.6 Å². The minimum absolute atomic E-state index is 0.0737. The average molecular weight is 287 g/mol. The number of nitro groups is 1. The molecule has 0 atom stereocenters. The number of carbonyl (C=O) groups is 1. The van der Waals surface area contributed by atoms with Crippen LogP contribution in [0.4, 0.5) is 5.69 Å². The number of rotatable bonds is 5. The standard InChI is InChI=1S/C11H13NO6S/c1-7(2)19(17,18)6-8-4-3-5-9(12(15)16)10(8)11(13)14/h3-5,7H,6H2,1-2H3,(H,13,14). The van der Waals surface area contributed by atoms with Gasteiger partial charge in [-0.25, -0.2) is 13.2 Å². The molecule has 0 aliphatic carbocycles. The van der Waals surface area contributed by atoms with E-state index in [0.29, 0.717) is 0 Å². The molecule has 0 aliphatic heterocycles. The van der Waals surface area contributed by atoms with Gasteiger partial charge in [-0.05, 0) is 19.4 Å². The third-order valence-electron chi connectivity index (χ3n) is 2.61. The van der Waals surface area contributed by atoms with Gasteiger partial charge in [0.25, 0.3) is 5.69 Å². The highest BCUT2D eigenvalue weighted by Gasteiger charge is 2.27. The smallest absolute Gasteiger partial charge is 0.343 e. The van der Waals surface area contributed by atoms with Crippen molar-refractivity contribution in [2.75, 3.05) is 0 Å². The van der Waals surface area contributed by atoms with Crippen LogP contribution in [0, 0.1) is 10.1 Å². The fraction of sp³-hybridized carbons (Fsp3) is 0.364. The van der Waals surface area contributed by atoms with Crippen molar-refractivity contribution in [1.29, 1.82) is 0 Å². The van der Waals surface area contributed by atoms with Crippen LogP contribution in [-0.4, -0.2) is 29.7 Å². The maximum atomic E-state index is 11.8. The van der Waals surface area contributed by atoms with Gasteiger partial charge in [-0.15, -0.1) is 0 Å². The summed E-state index contributed by atoms with van der Waals surface area (Å²) in [5.41, 5.74) is -1.25.